The summed E-state index contributed by atoms with van der Waals surface area (Å²) in [7, 11) is 1.75. The number of nitrogens with one attached hydrogen (secondary N) is 3. The van der Waals surface area contributed by atoms with Crippen molar-refractivity contribution in [3.05, 3.63) is 101 Å². The molecule has 2 saturated heterocycles. The Morgan fingerprint density at radius 2 is 1.29 bits per heavy atom. The number of nitrogens with zero attached hydrogens (tertiary/aromatic N) is 5. The van der Waals surface area contributed by atoms with Gasteiger partial charge in [0.15, 0.2) is 0 Å². The van der Waals surface area contributed by atoms with Gasteiger partial charge < -0.3 is 34.6 Å². The van der Waals surface area contributed by atoms with Gasteiger partial charge in [0, 0.05) is 89.8 Å². The zero-order valence-corrected chi connectivity index (χ0v) is 29.1. The minimum absolute atomic E-state index is 0.184. The summed E-state index contributed by atoms with van der Waals surface area (Å²) in [6.45, 7) is 9.19. The van der Waals surface area contributed by atoms with Gasteiger partial charge in [-0.1, -0.05) is 24.3 Å². The zero-order chi connectivity index (χ0) is 35.4. The lowest BCUT2D eigenvalue weighted by atomic mass is 10.1. The molecule has 0 spiro atoms. The molecule has 0 aliphatic carbocycles. The summed E-state index contributed by atoms with van der Waals surface area (Å²) in [5.41, 5.74) is 4.36. The number of hydrogen-bond acceptors (Lipinski definition) is 8. The molecule has 0 saturated carbocycles. The lowest BCUT2D eigenvalue weighted by molar-refractivity contribution is 0.0369. The predicted octanol–water partition coefficient (Wildman–Crippen LogP) is 3.68. The number of ether oxygens (including phenoxy) is 2. The van der Waals surface area contributed by atoms with Crippen LogP contribution in [0, 0.1) is 0 Å². The molecule has 268 valence electrons. The average molecular weight is 695 g/mol. The van der Waals surface area contributed by atoms with Crippen LogP contribution in [0.3, 0.4) is 0 Å². The molecule has 2 aliphatic heterocycles. The van der Waals surface area contributed by atoms with E-state index in [2.05, 4.69) is 30.7 Å². The molecule has 0 bridgehead atoms. The summed E-state index contributed by atoms with van der Waals surface area (Å²) in [4.78, 5) is 48.5. The van der Waals surface area contributed by atoms with Crippen LogP contribution in [-0.4, -0.2) is 114 Å². The van der Waals surface area contributed by atoms with E-state index < -0.39 is 0 Å². The van der Waals surface area contributed by atoms with Crippen molar-refractivity contribution in [1.82, 2.24) is 29.2 Å². The van der Waals surface area contributed by atoms with E-state index in [0.717, 1.165) is 70.0 Å². The van der Waals surface area contributed by atoms with Crippen LogP contribution in [0.25, 0.3) is 12.2 Å². The molecule has 3 aromatic heterocycles. The number of carbonyl (C=O) groups is 3. The first-order chi connectivity index (χ1) is 24.9. The lowest BCUT2D eigenvalue weighted by Crippen LogP contribution is -2.41. The van der Waals surface area contributed by atoms with E-state index >= 15 is 0 Å². The molecule has 0 radical (unpaired) electrons. The summed E-state index contributed by atoms with van der Waals surface area (Å²) in [6, 6.07) is 14.5. The molecule has 3 N–H and O–H groups in total. The zero-order valence-electron chi connectivity index (χ0n) is 29.1. The van der Waals surface area contributed by atoms with Crippen molar-refractivity contribution in [3.8, 4) is 0 Å². The van der Waals surface area contributed by atoms with E-state index in [0.29, 0.717) is 54.6 Å². The quantitative estimate of drug-likeness (QED) is 0.182. The first-order valence-electron chi connectivity index (χ1n) is 17.5. The SMILES string of the molecule is Cn1cc(NC(=O)c2ccc(/C=C/c3ccncc3)cc2)cc1C(=O)Nc1cc(C(=O)NCCN2CCOCC2)n(CCCN2CCOCC2)c1. The Morgan fingerprint density at radius 1 is 0.706 bits per heavy atom. The highest BCUT2D eigenvalue weighted by atomic mass is 16.5. The topological polar surface area (TPSA) is 135 Å². The van der Waals surface area contributed by atoms with Gasteiger partial charge in [-0.25, -0.2) is 0 Å². The van der Waals surface area contributed by atoms with Gasteiger partial charge in [0.25, 0.3) is 17.7 Å². The molecule has 1 aromatic carbocycles. The molecule has 13 heteroatoms. The highest BCUT2D eigenvalue weighted by Crippen LogP contribution is 2.20. The van der Waals surface area contributed by atoms with Gasteiger partial charge in [-0.2, -0.15) is 0 Å². The Labute approximate surface area is 298 Å². The third-order valence-electron chi connectivity index (χ3n) is 9.02. The average Bonchev–Trinajstić information content (AvgIpc) is 3.74. The van der Waals surface area contributed by atoms with Crippen LogP contribution < -0.4 is 16.0 Å². The summed E-state index contributed by atoms with van der Waals surface area (Å²) in [5.74, 6) is -0.819. The standard InChI is InChI=1S/C38H46N8O5/c1-43-27-32(41-36(47)31-7-5-29(6-8-31)3-4-30-9-11-39-12-10-30)25-34(43)38(49)42-33-26-35(37(48)40-13-16-45-19-23-51-24-20-45)46(28-33)15-2-14-44-17-21-50-22-18-44/h3-12,25-28H,2,13-24H2,1H3,(H,40,48)(H,41,47)(H,42,49)/b4-3+. The van der Waals surface area contributed by atoms with Crippen LogP contribution in [0.4, 0.5) is 11.4 Å². The molecular weight excluding hydrogens is 648 g/mol. The first kappa shape index (κ1) is 35.7. The monoisotopic (exact) mass is 694 g/mol. The Kier molecular flexibility index (Phi) is 12.4. The normalized spacial score (nSPS) is 15.5. The third kappa shape index (κ3) is 10.2. The van der Waals surface area contributed by atoms with Crippen molar-refractivity contribution >= 4 is 41.2 Å². The smallest absolute Gasteiger partial charge is 0.272 e. The minimum atomic E-state index is -0.354. The maximum Gasteiger partial charge on any atom is 0.272 e. The summed E-state index contributed by atoms with van der Waals surface area (Å²) in [5, 5.41) is 8.90. The fourth-order valence-electron chi connectivity index (χ4n) is 6.16. The Balaban J connectivity index is 1.07. The van der Waals surface area contributed by atoms with Crippen LogP contribution in [0.15, 0.2) is 73.3 Å². The number of hydrogen-bond donors (Lipinski definition) is 3. The van der Waals surface area contributed by atoms with Crippen LogP contribution in [-0.2, 0) is 23.1 Å². The van der Waals surface area contributed by atoms with Crippen LogP contribution in [0.5, 0.6) is 0 Å². The number of pyridine rings is 1. The highest BCUT2D eigenvalue weighted by molar-refractivity contribution is 6.07. The fourth-order valence-corrected chi connectivity index (χ4v) is 6.16. The van der Waals surface area contributed by atoms with Crippen molar-refractivity contribution in [2.75, 3.05) is 82.9 Å². The number of benzene rings is 1. The van der Waals surface area contributed by atoms with Gasteiger partial charge in [0.2, 0.25) is 0 Å². The Hall–Kier alpha value is -5.08. The van der Waals surface area contributed by atoms with E-state index in [1.807, 2.05) is 47.2 Å². The molecule has 5 heterocycles. The van der Waals surface area contributed by atoms with Gasteiger partial charge in [0.05, 0.1) is 37.8 Å². The molecule has 3 amide bonds. The maximum atomic E-state index is 13.5. The molecule has 51 heavy (non-hydrogen) atoms. The second-order valence-corrected chi connectivity index (χ2v) is 12.7. The maximum absolute atomic E-state index is 13.5. The molecule has 2 fully saturated rings. The largest absolute Gasteiger partial charge is 0.379 e. The number of aromatic nitrogens is 3. The number of aryl methyl sites for hydroxylation is 2. The van der Waals surface area contributed by atoms with E-state index in [-0.39, 0.29) is 17.7 Å². The van der Waals surface area contributed by atoms with Gasteiger partial charge in [0.1, 0.15) is 11.4 Å². The molecule has 6 rings (SSSR count). The summed E-state index contributed by atoms with van der Waals surface area (Å²) >= 11 is 0. The summed E-state index contributed by atoms with van der Waals surface area (Å²) < 4.78 is 14.5. The van der Waals surface area contributed by atoms with Gasteiger partial charge in [-0.15, -0.1) is 0 Å². The first-order valence-corrected chi connectivity index (χ1v) is 17.5. The number of anilines is 2. The molecule has 0 atom stereocenters. The number of carbonyl (C=O) groups excluding carboxylic acids is 3. The fraction of sp³-hybridized carbons (Fsp3) is 0.368. The van der Waals surface area contributed by atoms with E-state index in [4.69, 9.17) is 9.47 Å². The van der Waals surface area contributed by atoms with Crippen LogP contribution in [0.1, 0.15) is 48.9 Å². The number of amides is 3. The Bertz CT molecular complexity index is 1790. The van der Waals surface area contributed by atoms with Gasteiger partial charge in [-0.3, -0.25) is 29.2 Å². The van der Waals surface area contributed by atoms with Crippen molar-refractivity contribution < 1.29 is 23.9 Å². The van der Waals surface area contributed by atoms with Crippen molar-refractivity contribution in [2.45, 2.75) is 13.0 Å². The molecule has 4 aromatic rings. The van der Waals surface area contributed by atoms with Gasteiger partial charge >= 0.3 is 0 Å². The summed E-state index contributed by atoms with van der Waals surface area (Å²) in [6.07, 6.45) is 11.8. The minimum Gasteiger partial charge on any atom is -0.379 e. The number of morpholine rings is 2. The second kappa shape index (κ2) is 17.7. The molecular formula is C38H46N8O5. The highest BCUT2D eigenvalue weighted by Gasteiger charge is 2.19. The number of rotatable bonds is 14. The Morgan fingerprint density at radius 3 is 1.98 bits per heavy atom. The van der Waals surface area contributed by atoms with Crippen molar-refractivity contribution in [2.24, 2.45) is 7.05 Å². The molecule has 0 unspecified atom stereocenters. The van der Waals surface area contributed by atoms with E-state index in [1.54, 1.807) is 54.5 Å². The van der Waals surface area contributed by atoms with Crippen LogP contribution >= 0.6 is 0 Å². The molecule has 13 nitrogen and oxygen atoms in total. The molecule has 2 aliphatic rings. The van der Waals surface area contributed by atoms with E-state index in [1.165, 1.54) is 0 Å². The van der Waals surface area contributed by atoms with Crippen molar-refractivity contribution in [1.29, 1.82) is 0 Å². The lowest BCUT2D eigenvalue weighted by Gasteiger charge is -2.26. The van der Waals surface area contributed by atoms with Gasteiger partial charge in [-0.05, 0) is 53.9 Å². The van der Waals surface area contributed by atoms with Crippen molar-refractivity contribution in [3.63, 3.8) is 0 Å². The predicted molar refractivity (Wildman–Crippen MR) is 197 cm³/mol. The van der Waals surface area contributed by atoms with E-state index in [9.17, 15) is 14.4 Å². The van der Waals surface area contributed by atoms with Crippen LogP contribution in [0.2, 0.25) is 0 Å². The third-order valence-corrected chi connectivity index (χ3v) is 9.02. The second-order valence-electron chi connectivity index (χ2n) is 12.7.